The Morgan fingerprint density at radius 3 is 1.16 bits per heavy atom. The lowest BCUT2D eigenvalue weighted by Gasteiger charge is -2.11. The Morgan fingerprint density at radius 2 is 0.737 bits per heavy atom. The normalized spacial score (nSPS) is 11.3. The summed E-state index contributed by atoms with van der Waals surface area (Å²) < 4.78 is 6.21. The van der Waals surface area contributed by atoms with Crippen LogP contribution in [0, 0.1) is 0 Å². The van der Waals surface area contributed by atoms with Crippen molar-refractivity contribution in [3.05, 3.63) is 29.8 Å². The predicted molar refractivity (Wildman–Crippen MR) is 172 cm³/mol. The second-order valence-electron chi connectivity index (χ2n) is 12.0. The number of aryl methyl sites for hydroxylation is 1. The number of hydrogen-bond donors (Lipinski definition) is 0. The summed E-state index contributed by atoms with van der Waals surface area (Å²) in [5, 5.41) is 0. The highest BCUT2D eigenvalue weighted by atomic mass is 16.5. The Balaban J connectivity index is 1.90. The molecule has 0 saturated carbocycles. The summed E-state index contributed by atoms with van der Waals surface area (Å²) in [6, 6.07) is 8.77. The summed E-state index contributed by atoms with van der Waals surface area (Å²) in [7, 11) is 0. The van der Waals surface area contributed by atoms with E-state index >= 15 is 0 Å². The summed E-state index contributed by atoms with van der Waals surface area (Å²) >= 11 is 0. The maximum absolute atomic E-state index is 6.21. The Hall–Kier alpha value is -0.980. The zero-order valence-corrected chi connectivity index (χ0v) is 26.2. The third kappa shape index (κ3) is 23.0. The number of unbranched alkanes of at least 4 members (excludes halogenated alkanes) is 25. The van der Waals surface area contributed by atoms with Gasteiger partial charge in [0.05, 0.1) is 6.61 Å². The Morgan fingerprint density at radius 1 is 0.395 bits per heavy atom. The fraction of sp³-hybridized carbons (Fsp3) is 0.838. The van der Waals surface area contributed by atoms with Crippen LogP contribution in [0.4, 0.5) is 0 Å². The van der Waals surface area contributed by atoms with Gasteiger partial charge in [0.1, 0.15) is 5.75 Å². The molecule has 1 aromatic carbocycles. The van der Waals surface area contributed by atoms with Crippen molar-refractivity contribution >= 4 is 0 Å². The van der Waals surface area contributed by atoms with Crippen molar-refractivity contribution in [2.45, 2.75) is 194 Å². The minimum absolute atomic E-state index is 0.883. The monoisotopic (exact) mass is 529 g/mol. The van der Waals surface area contributed by atoms with Crippen LogP contribution >= 0.6 is 0 Å². The highest BCUT2D eigenvalue weighted by Crippen LogP contribution is 2.22. The van der Waals surface area contributed by atoms with Gasteiger partial charge >= 0.3 is 0 Å². The van der Waals surface area contributed by atoms with Crippen molar-refractivity contribution in [1.29, 1.82) is 0 Å². The molecular formula is C37H68O. The summed E-state index contributed by atoms with van der Waals surface area (Å²) in [6.07, 6.45) is 39.3. The average molecular weight is 529 g/mol. The summed E-state index contributed by atoms with van der Waals surface area (Å²) in [4.78, 5) is 0. The molecule has 0 unspecified atom stereocenters. The molecular weight excluding hydrogens is 460 g/mol. The second kappa shape index (κ2) is 29.0. The molecule has 0 spiro atoms. The van der Waals surface area contributed by atoms with Crippen molar-refractivity contribution < 1.29 is 4.74 Å². The van der Waals surface area contributed by atoms with Crippen LogP contribution in [0.1, 0.15) is 193 Å². The fourth-order valence-electron chi connectivity index (χ4n) is 5.66. The molecule has 0 radical (unpaired) electrons. The third-order valence-corrected chi connectivity index (χ3v) is 8.28. The second-order valence-corrected chi connectivity index (χ2v) is 12.0. The van der Waals surface area contributed by atoms with E-state index in [9.17, 15) is 0 Å². The van der Waals surface area contributed by atoms with E-state index in [1.54, 1.807) is 0 Å². The van der Waals surface area contributed by atoms with Gasteiger partial charge in [0.15, 0.2) is 0 Å². The van der Waals surface area contributed by atoms with E-state index in [1.165, 1.54) is 185 Å². The number of para-hydroxylation sites is 1. The molecule has 1 nitrogen and oxygen atoms in total. The third-order valence-electron chi connectivity index (χ3n) is 8.28. The number of hydrogen-bond acceptors (Lipinski definition) is 1. The van der Waals surface area contributed by atoms with E-state index in [2.05, 4.69) is 38.1 Å². The molecule has 1 rings (SSSR count). The van der Waals surface area contributed by atoms with E-state index in [4.69, 9.17) is 4.74 Å². The maximum Gasteiger partial charge on any atom is 0.122 e. The van der Waals surface area contributed by atoms with Gasteiger partial charge in [0.2, 0.25) is 0 Å². The topological polar surface area (TPSA) is 9.23 Å². The van der Waals surface area contributed by atoms with Gasteiger partial charge in [-0.25, -0.2) is 0 Å². The lowest BCUT2D eigenvalue weighted by atomic mass is 10.0. The quantitative estimate of drug-likeness (QED) is 0.0902. The van der Waals surface area contributed by atoms with Crippen molar-refractivity contribution in [2.24, 2.45) is 0 Å². The molecule has 0 fully saturated rings. The van der Waals surface area contributed by atoms with Crippen LogP contribution in [0.2, 0.25) is 0 Å². The molecule has 0 heterocycles. The lowest BCUT2D eigenvalue weighted by molar-refractivity contribution is 0.301. The smallest absolute Gasteiger partial charge is 0.122 e. The predicted octanol–water partition coefficient (Wildman–Crippen LogP) is 13.2. The SMILES string of the molecule is CCCCCCCCCCCCCCCCCCOc1ccccc1CCCCCCCCCCCCC. The minimum atomic E-state index is 0.883. The van der Waals surface area contributed by atoms with Gasteiger partial charge in [-0.2, -0.15) is 0 Å². The van der Waals surface area contributed by atoms with E-state index in [0.29, 0.717) is 0 Å². The number of ether oxygens (including phenoxy) is 1. The van der Waals surface area contributed by atoms with Gasteiger partial charge < -0.3 is 4.74 Å². The van der Waals surface area contributed by atoms with Gasteiger partial charge in [0.25, 0.3) is 0 Å². The summed E-state index contributed by atoms with van der Waals surface area (Å²) in [5.74, 6) is 1.14. The molecule has 0 aromatic heterocycles. The van der Waals surface area contributed by atoms with Gasteiger partial charge in [-0.05, 0) is 30.9 Å². The lowest BCUT2D eigenvalue weighted by Crippen LogP contribution is -2.00. The van der Waals surface area contributed by atoms with Crippen LogP contribution in [0.25, 0.3) is 0 Å². The zero-order valence-electron chi connectivity index (χ0n) is 26.2. The number of rotatable bonds is 30. The van der Waals surface area contributed by atoms with Crippen LogP contribution in [0.15, 0.2) is 24.3 Å². The Kier molecular flexibility index (Phi) is 26.8. The first kappa shape index (κ1) is 35.0. The van der Waals surface area contributed by atoms with Gasteiger partial charge in [0, 0.05) is 0 Å². The van der Waals surface area contributed by atoms with E-state index < -0.39 is 0 Å². The van der Waals surface area contributed by atoms with E-state index in [0.717, 1.165) is 12.4 Å². The molecule has 0 amide bonds. The molecule has 0 aliphatic carbocycles. The first-order valence-corrected chi connectivity index (χ1v) is 17.6. The number of benzene rings is 1. The molecule has 0 aliphatic rings. The summed E-state index contributed by atoms with van der Waals surface area (Å²) in [6.45, 7) is 5.48. The molecule has 1 aromatic rings. The average Bonchev–Trinajstić information content (AvgIpc) is 2.94. The summed E-state index contributed by atoms with van der Waals surface area (Å²) in [5.41, 5.74) is 1.42. The van der Waals surface area contributed by atoms with Gasteiger partial charge in [-0.15, -0.1) is 0 Å². The standard InChI is InChI=1S/C37H68O/c1-3-5-7-9-11-13-15-16-17-18-19-21-23-25-27-31-35-38-37-34-30-29-33-36(37)32-28-26-24-22-20-14-12-10-8-6-4-2/h29-30,33-34H,3-28,31-32,35H2,1-2H3. The fourth-order valence-corrected chi connectivity index (χ4v) is 5.66. The first-order chi connectivity index (χ1) is 18.9. The molecule has 0 atom stereocenters. The van der Waals surface area contributed by atoms with Crippen molar-refractivity contribution in [3.8, 4) is 5.75 Å². The van der Waals surface area contributed by atoms with Crippen LogP contribution in [-0.2, 0) is 6.42 Å². The zero-order chi connectivity index (χ0) is 27.2. The minimum Gasteiger partial charge on any atom is -0.493 e. The van der Waals surface area contributed by atoms with Crippen LogP contribution in [-0.4, -0.2) is 6.61 Å². The first-order valence-electron chi connectivity index (χ1n) is 17.6. The van der Waals surface area contributed by atoms with Gasteiger partial charge in [-0.3, -0.25) is 0 Å². The molecule has 222 valence electrons. The molecule has 38 heavy (non-hydrogen) atoms. The van der Waals surface area contributed by atoms with Gasteiger partial charge in [-0.1, -0.05) is 193 Å². The van der Waals surface area contributed by atoms with Crippen molar-refractivity contribution in [1.82, 2.24) is 0 Å². The van der Waals surface area contributed by atoms with Crippen molar-refractivity contribution in [3.63, 3.8) is 0 Å². The van der Waals surface area contributed by atoms with Crippen LogP contribution in [0.5, 0.6) is 5.75 Å². The Labute approximate surface area is 240 Å². The van der Waals surface area contributed by atoms with Crippen LogP contribution in [0.3, 0.4) is 0 Å². The Bertz CT molecular complexity index is 580. The maximum atomic E-state index is 6.21. The molecule has 1 heteroatoms. The molecule has 0 saturated heterocycles. The van der Waals surface area contributed by atoms with Crippen molar-refractivity contribution in [2.75, 3.05) is 6.61 Å². The highest BCUT2D eigenvalue weighted by Gasteiger charge is 2.03. The highest BCUT2D eigenvalue weighted by molar-refractivity contribution is 5.33. The van der Waals surface area contributed by atoms with E-state index in [-0.39, 0.29) is 0 Å². The van der Waals surface area contributed by atoms with E-state index in [1.807, 2.05) is 0 Å². The molecule has 0 aliphatic heterocycles. The molecule has 0 N–H and O–H groups in total. The van der Waals surface area contributed by atoms with Crippen LogP contribution < -0.4 is 4.74 Å². The largest absolute Gasteiger partial charge is 0.493 e. The molecule has 0 bridgehead atoms.